The number of hydrogen-bond donors (Lipinski definition) is 0. The summed E-state index contributed by atoms with van der Waals surface area (Å²) in [6, 6.07) is 10.4. The van der Waals surface area contributed by atoms with Crippen molar-refractivity contribution >= 4 is 42.6 Å². The molecule has 10 heteroatoms. The SMILES string of the molecule is CN(C)CCN(C(=O)c1ccc(S(=O)(=O)N(C)C2CC2)cc1)c1nc2ccc(F)cc2s1. The molecular formula is C22H25FN4O3S2. The number of amides is 1. The van der Waals surface area contributed by atoms with Gasteiger partial charge in [-0.25, -0.2) is 17.8 Å². The molecule has 0 bridgehead atoms. The van der Waals surface area contributed by atoms with Gasteiger partial charge in [0.15, 0.2) is 5.13 Å². The first kappa shape index (κ1) is 22.8. The van der Waals surface area contributed by atoms with Gasteiger partial charge in [-0.3, -0.25) is 9.69 Å². The highest BCUT2D eigenvalue weighted by Gasteiger charge is 2.35. The van der Waals surface area contributed by atoms with Crippen molar-refractivity contribution in [3.05, 3.63) is 53.8 Å². The summed E-state index contributed by atoms with van der Waals surface area (Å²) >= 11 is 1.25. The van der Waals surface area contributed by atoms with Crippen LogP contribution in [0, 0.1) is 5.82 Å². The van der Waals surface area contributed by atoms with Crippen LogP contribution in [0.15, 0.2) is 47.4 Å². The Morgan fingerprint density at radius 3 is 2.41 bits per heavy atom. The van der Waals surface area contributed by atoms with E-state index < -0.39 is 10.0 Å². The Morgan fingerprint density at radius 1 is 1.09 bits per heavy atom. The third-order valence-electron chi connectivity index (χ3n) is 5.43. The highest BCUT2D eigenvalue weighted by atomic mass is 32.2. The fourth-order valence-corrected chi connectivity index (χ4v) is 5.74. The second-order valence-corrected chi connectivity index (χ2v) is 11.2. The number of carbonyl (C=O) groups is 1. The largest absolute Gasteiger partial charge is 0.308 e. The van der Waals surface area contributed by atoms with E-state index in [-0.39, 0.29) is 22.7 Å². The number of sulfonamides is 1. The third kappa shape index (κ3) is 4.68. The summed E-state index contributed by atoms with van der Waals surface area (Å²) in [5.41, 5.74) is 0.987. The number of fused-ring (bicyclic) bond motifs is 1. The van der Waals surface area contributed by atoms with Crippen LogP contribution in [0.4, 0.5) is 9.52 Å². The highest BCUT2D eigenvalue weighted by molar-refractivity contribution is 7.89. The first-order valence-corrected chi connectivity index (χ1v) is 12.5. The maximum Gasteiger partial charge on any atom is 0.260 e. The molecule has 0 unspecified atom stereocenters. The summed E-state index contributed by atoms with van der Waals surface area (Å²) in [6.45, 7) is 0.993. The van der Waals surface area contributed by atoms with E-state index in [4.69, 9.17) is 0 Å². The maximum atomic E-state index is 13.6. The quantitative estimate of drug-likeness (QED) is 0.498. The molecule has 1 amide bonds. The molecular weight excluding hydrogens is 451 g/mol. The number of aromatic nitrogens is 1. The molecule has 4 rings (SSSR count). The Bertz CT molecular complexity index is 1240. The standard InChI is InChI=1S/C22H25FN4O3S2/c1-25(2)12-13-27(22-24-19-11-6-16(23)14-20(19)31-22)21(28)15-4-9-18(10-5-15)32(29,30)26(3)17-7-8-17/h4-6,9-11,14,17H,7-8,12-13H2,1-3H3. The van der Waals surface area contributed by atoms with E-state index in [1.54, 1.807) is 18.0 Å². The fraction of sp³-hybridized carbons (Fsp3) is 0.364. The van der Waals surface area contributed by atoms with E-state index in [2.05, 4.69) is 4.98 Å². The van der Waals surface area contributed by atoms with Crippen molar-refractivity contribution in [3.63, 3.8) is 0 Å². The normalized spacial score (nSPS) is 14.4. The Labute approximate surface area is 191 Å². The Morgan fingerprint density at radius 2 is 1.78 bits per heavy atom. The highest BCUT2D eigenvalue weighted by Crippen LogP contribution is 2.32. The zero-order valence-corrected chi connectivity index (χ0v) is 19.8. The number of hydrogen-bond acceptors (Lipinski definition) is 6. The molecule has 1 aliphatic carbocycles. The van der Waals surface area contributed by atoms with Gasteiger partial charge in [-0.1, -0.05) is 11.3 Å². The summed E-state index contributed by atoms with van der Waals surface area (Å²) in [5, 5.41) is 0.475. The molecule has 1 heterocycles. The summed E-state index contributed by atoms with van der Waals surface area (Å²) in [5.74, 6) is -0.641. The molecule has 0 radical (unpaired) electrons. The van der Waals surface area contributed by atoms with Gasteiger partial charge in [-0.15, -0.1) is 0 Å². The van der Waals surface area contributed by atoms with Crippen LogP contribution < -0.4 is 4.90 Å². The van der Waals surface area contributed by atoms with Crippen molar-refractivity contribution in [1.29, 1.82) is 0 Å². The van der Waals surface area contributed by atoms with Crippen molar-refractivity contribution in [3.8, 4) is 0 Å². The van der Waals surface area contributed by atoms with E-state index >= 15 is 0 Å². The van der Waals surface area contributed by atoms with Crippen molar-refractivity contribution in [2.75, 3.05) is 39.1 Å². The Balaban J connectivity index is 1.62. The number of anilines is 1. The Kier molecular flexibility index (Phi) is 6.30. The topological polar surface area (TPSA) is 73.8 Å². The molecule has 1 saturated carbocycles. The van der Waals surface area contributed by atoms with Gasteiger partial charge in [0.2, 0.25) is 10.0 Å². The van der Waals surface area contributed by atoms with E-state index in [1.807, 2.05) is 19.0 Å². The number of thiazole rings is 1. The van der Waals surface area contributed by atoms with Crippen LogP contribution in [-0.4, -0.2) is 68.8 Å². The molecule has 1 aliphatic rings. The second-order valence-electron chi connectivity index (χ2n) is 8.15. The predicted molar refractivity (Wildman–Crippen MR) is 124 cm³/mol. The van der Waals surface area contributed by atoms with Crippen molar-refractivity contribution in [1.82, 2.24) is 14.2 Å². The molecule has 170 valence electrons. The van der Waals surface area contributed by atoms with Gasteiger partial charge >= 0.3 is 0 Å². The second kappa shape index (κ2) is 8.86. The summed E-state index contributed by atoms with van der Waals surface area (Å²) in [7, 11) is 1.83. The predicted octanol–water partition coefficient (Wildman–Crippen LogP) is 3.43. The van der Waals surface area contributed by atoms with Gasteiger partial charge in [-0.2, -0.15) is 4.31 Å². The number of rotatable bonds is 8. The molecule has 3 aromatic rings. The number of likely N-dealkylation sites (N-methyl/N-ethyl adjacent to an activating group) is 1. The molecule has 1 aromatic heterocycles. The molecule has 32 heavy (non-hydrogen) atoms. The first-order chi connectivity index (χ1) is 15.2. The molecule has 0 saturated heterocycles. The summed E-state index contributed by atoms with van der Waals surface area (Å²) < 4.78 is 41.1. The van der Waals surface area contributed by atoms with Gasteiger partial charge in [0, 0.05) is 31.7 Å². The van der Waals surface area contributed by atoms with Crippen LogP contribution in [0.1, 0.15) is 23.2 Å². The minimum absolute atomic E-state index is 0.0618. The zero-order valence-electron chi connectivity index (χ0n) is 18.2. The lowest BCUT2D eigenvalue weighted by molar-refractivity contribution is 0.0985. The van der Waals surface area contributed by atoms with E-state index in [9.17, 15) is 17.6 Å². The van der Waals surface area contributed by atoms with Crippen molar-refractivity contribution in [2.45, 2.75) is 23.8 Å². The van der Waals surface area contributed by atoms with Crippen LogP contribution in [0.25, 0.3) is 10.2 Å². The van der Waals surface area contributed by atoms with E-state index in [0.29, 0.717) is 34.0 Å². The molecule has 1 fully saturated rings. The van der Waals surface area contributed by atoms with Gasteiger partial charge in [0.05, 0.1) is 15.1 Å². The molecule has 7 nitrogen and oxygen atoms in total. The third-order valence-corrected chi connectivity index (χ3v) is 8.39. The lowest BCUT2D eigenvalue weighted by Crippen LogP contribution is -2.36. The number of benzene rings is 2. The molecule has 0 atom stereocenters. The Hall–Kier alpha value is -2.40. The number of nitrogens with zero attached hydrogens (tertiary/aromatic N) is 4. The molecule has 2 aromatic carbocycles. The summed E-state index contributed by atoms with van der Waals surface area (Å²) in [4.78, 5) is 21.6. The van der Waals surface area contributed by atoms with Gasteiger partial charge in [0.25, 0.3) is 5.91 Å². The smallest absolute Gasteiger partial charge is 0.260 e. The molecule has 0 aliphatic heterocycles. The average Bonchev–Trinajstić information content (AvgIpc) is 3.52. The first-order valence-electron chi connectivity index (χ1n) is 10.3. The maximum absolute atomic E-state index is 13.6. The van der Waals surface area contributed by atoms with Gasteiger partial charge < -0.3 is 4.90 Å². The van der Waals surface area contributed by atoms with Gasteiger partial charge in [0.1, 0.15) is 5.82 Å². The number of carbonyl (C=O) groups excluding carboxylic acids is 1. The minimum atomic E-state index is -3.58. The summed E-state index contributed by atoms with van der Waals surface area (Å²) in [6.07, 6.45) is 1.75. The van der Waals surface area contributed by atoms with E-state index in [1.165, 1.54) is 52.0 Å². The average molecular weight is 477 g/mol. The van der Waals surface area contributed by atoms with Crippen LogP contribution in [0.5, 0.6) is 0 Å². The zero-order chi connectivity index (χ0) is 23.0. The lowest BCUT2D eigenvalue weighted by atomic mass is 10.2. The monoisotopic (exact) mass is 476 g/mol. The van der Waals surface area contributed by atoms with Crippen LogP contribution in [-0.2, 0) is 10.0 Å². The van der Waals surface area contributed by atoms with E-state index in [0.717, 1.165) is 12.8 Å². The van der Waals surface area contributed by atoms with Crippen molar-refractivity contribution in [2.24, 2.45) is 0 Å². The fourth-order valence-electron chi connectivity index (χ4n) is 3.31. The van der Waals surface area contributed by atoms with Crippen molar-refractivity contribution < 1.29 is 17.6 Å². The van der Waals surface area contributed by atoms with Crippen LogP contribution in [0.2, 0.25) is 0 Å². The number of halogens is 1. The minimum Gasteiger partial charge on any atom is -0.308 e. The lowest BCUT2D eigenvalue weighted by Gasteiger charge is -2.22. The molecule has 0 N–H and O–H groups in total. The van der Waals surface area contributed by atoms with Gasteiger partial charge in [-0.05, 0) is 69.4 Å². The van der Waals surface area contributed by atoms with Crippen LogP contribution >= 0.6 is 11.3 Å². The van der Waals surface area contributed by atoms with Crippen LogP contribution in [0.3, 0.4) is 0 Å². The molecule has 0 spiro atoms.